The molecule has 0 amide bonds. The van der Waals surface area contributed by atoms with Crippen LogP contribution < -0.4 is 5.73 Å². The van der Waals surface area contributed by atoms with Gasteiger partial charge < -0.3 is 10.5 Å². The molecule has 2 N–H and O–H groups in total. The first-order valence-electron chi connectivity index (χ1n) is 6.25. The third-order valence-corrected chi connectivity index (χ3v) is 4.22. The predicted molar refractivity (Wildman–Crippen MR) is 73.5 cm³/mol. The lowest BCUT2D eigenvalue weighted by Gasteiger charge is -2.33. The number of esters is 1. The van der Waals surface area contributed by atoms with Crippen molar-refractivity contribution in [1.29, 1.82) is 0 Å². The summed E-state index contributed by atoms with van der Waals surface area (Å²) in [5.41, 5.74) is 5.23. The molecule has 0 fully saturated rings. The smallest absolute Gasteiger partial charge is 0.313 e. The molecule has 0 bridgehead atoms. The molecule has 0 saturated carbocycles. The van der Waals surface area contributed by atoms with E-state index in [1.165, 1.54) is 0 Å². The summed E-state index contributed by atoms with van der Waals surface area (Å²) in [4.78, 5) is 17.5. The number of nitrogens with two attached hydrogens (primary N) is 1. The number of rotatable bonds is 6. The largest absolute Gasteiger partial charge is 0.466 e. The van der Waals surface area contributed by atoms with Gasteiger partial charge in [-0.15, -0.1) is 11.3 Å². The van der Waals surface area contributed by atoms with Crippen LogP contribution >= 0.6 is 11.3 Å². The minimum absolute atomic E-state index is 0.129. The Labute approximate surface area is 113 Å². The number of aryl methyl sites for hydroxylation is 1. The minimum atomic E-state index is -0.644. The van der Waals surface area contributed by atoms with Crippen molar-refractivity contribution in [3.8, 4) is 0 Å². The van der Waals surface area contributed by atoms with E-state index in [9.17, 15) is 4.79 Å². The zero-order chi connectivity index (χ0) is 13.8. The molecule has 1 heterocycles. The highest BCUT2D eigenvalue weighted by atomic mass is 32.1. The maximum absolute atomic E-state index is 12.2. The molecule has 0 saturated heterocycles. The number of carbonyl (C=O) groups is 1. The Morgan fingerprint density at radius 3 is 2.67 bits per heavy atom. The van der Waals surface area contributed by atoms with Crippen LogP contribution in [0.25, 0.3) is 0 Å². The van der Waals surface area contributed by atoms with Crippen LogP contribution in [-0.4, -0.2) is 24.1 Å². The summed E-state index contributed by atoms with van der Waals surface area (Å²) in [5.74, 6) is -0.0718. The number of hydrogen-bond acceptors (Lipinski definition) is 5. The third kappa shape index (κ3) is 3.09. The molecule has 4 nitrogen and oxygen atoms in total. The van der Waals surface area contributed by atoms with Crippen molar-refractivity contribution in [3.05, 3.63) is 16.1 Å². The van der Waals surface area contributed by atoms with E-state index < -0.39 is 5.41 Å². The lowest BCUT2D eigenvalue weighted by Crippen LogP contribution is -2.46. The molecule has 0 radical (unpaired) electrons. The number of thiazole rings is 1. The Balaban J connectivity index is 3.00. The second-order valence-corrected chi connectivity index (χ2v) is 6.08. The van der Waals surface area contributed by atoms with Crippen LogP contribution in [0.5, 0.6) is 0 Å². The van der Waals surface area contributed by atoms with Gasteiger partial charge in [-0.3, -0.25) is 4.79 Å². The molecule has 0 aliphatic rings. The van der Waals surface area contributed by atoms with E-state index in [1.54, 1.807) is 11.3 Å². The topological polar surface area (TPSA) is 65.2 Å². The molecule has 1 rings (SSSR count). The molecular weight excluding hydrogens is 248 g/mol. The van der Waals surface area contributed by atoms with Gasteiger partial charge in [0.05, 0.1) is 17.0 Å². The number of hydrogen-bond donors (Lipinski definition) is 1. The molecule has 0 spiro atoms. The molecule has 0 aliphatic heterocycles. The molecule has 1 aromatic heterocycles. The van der Waals surface area contributed by atoms with E-state index in [4.69, 9.17) is 10.5 Å². The molecule has 0 aliphatic carbocycles. The lowest BCUT2D eigenvalue weighted by atomic mass is 9.74. The van der Waals surface area contributed by atoms with Crippen LogP contribution in [0.15, 0.2) is 6.20 Å². The minimum Gasteiger partial charge on any atom is -0.466 e. The van der Waals surface area contributed by atoms with E-state index in [-0.39, 0.29) is 11.9 Å². The maximum atomic E-state index is 12.2. The average Bonchev–Trinajstić information content (AvgIpc) is 2.71. The number of nitrogens with zero attached hydrogens (tertiary/aromatic N) is 1. The third-order valence-electron chi connectivity index (χ3n) is 3.31. The second kappa shape index (κ2) is 6.29. The molecule has 102 valence electrons. The fourth-order valence-electron chi connectivity index (χ4n) is 1.98. The highest BCUT2D eigenvalue weighted by molar-refractivity contribution is 7.11. The Bertz CT molecular complexity index is 403. The highest BCUT2D eigenvalue weighted by Gasteiger charge is 2.42. The zero-order valence-electron chi connectivity index (χ0n) is 11.5. The summed E-state index contributed by atoms with van der Waals surface area (Å²) in [7, 11) is 0. The first-order chi connectivity index (χ1) is 8.46. The van der Waals surface area contributed by atoms with Crippen molar-refractivity contribution < 1.29 is 9.53 Å². The fourth-order valence-corrected chi connectivity index (χ4v) is 2.90. The Morgan fingerprint density at radius 2 is 2.28 bits per heavy atom. The van der Waals surface area contributed by atoms with Gasteiger partial charge >= 0.3 is 5.97 Å². The fraction of sp³-hybridized carbons (Fsp3) is 0.692. The molecule has 1 unspecified atom stereocenters. The van der Waals surface area contributed by atoms with Gasteiger partial charge in [0.25, 0.3) is 0 Å². The van der Waals surface area contributed by atoms with Crippen LogP contribution in [0.3, 0.4) is 0 Å². The summed E-state index contributed by atoms with van der Waals surface area (Å²) >= 11 is 1.61. The van der Waals surface area contributed by atoms with Crippen LogP contribution in [-0.2, 0) is 16.0 Å². The lowest BCUT2D eigenvalue weighted by molar-refractivity contribution is -0.157. The van der Waals surface area contributed by atoms with Crippen molar-refractivity contribution in [2.75, 3.05) is 13.2 Å². The van der Waals surface area contributed by atoms with Crippen molar-refractivity contribution in [2.45, 2.75) is 34.1 Å². The van der Waals surface area contributed by atoms with Crippen molar-refractivity contribution >= 4 is 17.3 Å². The zero-order valence-corrected chi connectivity index (χ0v) is 12.3. The van der Waals surface area contributed by atoms with E-state index in [2.05, 4.69) is 4.98 Å². The van der Waals surface area contributed by atoms with E-state index in [0.717, 1.165) is 9.88 Å². The predicted octanol–water partition coefficient (Wildman–Crippen LogP) is 2.16. The summed E-state index contributed by atoms with van der Waals surface area (Å²) in [5, 5.41) is 1.00. The van der Waals surface area contributed by atoms with Crippen LogP contribution in [0, 0.1) is 18.3 Å². The Morgan fingerprint density at radius 1 is 1.61 bits per heavy atom. The number of carbonyl (C=O) groups excluding carboxylic acids is 1. The van der Waals surface area contributed by atoms with Crippen LogP contribution in [0.1, 0.15) is 30.7 Å². The summed E-state index contributed by atoms with van der Waals surface area (Å²) in [6.07, 6.45) is 2.43. The summed E-state index contributed by atoms with van der Waals surface area (Å²) in [6.45, 7) is 8.47. The number of aromatic nitrogens is 1. The van der Waals surface area contributed by atoms with Gasteiger partial charge in [-0.25, -0.2) is 4.98 Å². The molecule has 5 heteroatoms. The Hall–Kier alpha value is -0.940. The average molecular weight is 270 g/mol. The van der Waals surface area contributed by atoms with Crippen LogP contribution in [0.4, 0.5) is 0 Å². The summed E-state index contributed by atoms with van der Waals surface area (Å²) in [6, 6.07) is 0. The molecule has 0 aromatic carbocycles. The standard InChI is InChI=1S/C13H22N2O2S/c1-5-17-12(16)13(8-14,9(2)3)6-11-7-15-10(4)18-11/h7,9H,5-6,8,14H2,1-4H3. The number of ether oxygens (including phenoxy) is 1. The Kier molecular flexibility index (Phi) is 5.28. The molecule has 18 heavy (non-hydrogen) atoms. The van der Waals surface area contributed by atoms with Gasteiger partial charge in [-0.2, -0.15) is 0 Å². The van der Waals surface area contributed by atoms with Gasteiger partial charge in [0.1, 0.15) is 0 Å². The van der Waals surface area contributed by atoms with Crippen LogP contribution in [0.2, 0.25) is 0 Å². The monoisotopic (exact) mass is 270 g/mol. The van der Waals surface area contributed by atoms with E-state index in [1.807, 2.05) is 33.9 Å². The maximum Gasteiger partial charge on any atom is 0.313 e. The van der Waals surface area contributed by atoms with Gasteiger partial charge in [-0.05, 0) is 19.8 Å². The quantitative estimate of drug-likeness (QED) is 0.804. The van der Waals surface area contributed by atoms with Crippen molar-refractivity contribution in [2.24, 2.45) is 17.1 Å². The van der Waals surface area contributed by atoms with Gasteiger partial charge in [0.15, 0.2) is 0 Å². The second-order valence-electron chi connectivity index (χ2n) is 4.76. The molecule has 1 atom stereocenters. The highest BCUT2D eigenvalue weighted by Crippen LogP contribution is 2.34. The van der Waals surface area contributed by atoms with Gasteiger partial charge in [-0.1, -0.05) is 13.8 Å². The van der Waals surface area contributed by atoms with E-state index >= 15 is 0 Å². The van der Waals surface area contributed by atoms with Gasteiger partial charge in [0.2, 0.25) is 0 Å². The van der Waals surface area contributed by atoms with Crippen molar-refractivity contribution in [3.63, 3.8) is 0 Å². The summed E-state index contributed by atoms with van der Waals surface area (Å²) < 4.78 is 5.20. The normalized spacial score (nSPS) is 14.6. The van der Waals surface area contributed by atoms with Gasteiger partial charge in [0, 0.05) is 24.0 Å². The molecule has 1 aromatic rings. The first kappa shape index (κ1) is 15.1. The first-order valence-corrected chi connectivity index (χ1v) is 7.06. The van der Waals surface area contributed by atoms with Crippen molar-refractivity contribution in [1.82, 2.24) is 4.98 Å². The van der Waals surface area contributed by atoms with E-state index in [0.29, 0.717) is 19.6 Å². The SMILES string of the molecule is CCOC(=O)C(CN)(Cc1cnc(C)s1)C(C)C. The molecular formula is C13H22N2O2S.